The van der Waals surface area contributed by atoms with Gasteiger partial charge in [0.25, 0.3) is 10.2 Å². The van der Waals surface area contributed by atoms with Gasteiger partial charge in [-0.15, -0.1) is 0 Å². The molecule has 0 amide bonds. The predicted molar refractivity (Wildman–Crippen MR) is 98.9 cm³/mol. The lowest BCUT2D eigenvalue weighted by Gasteiger charge is -2.50. The third-order valence-electron chi connectivity index (χ3n) is 5.87. The Kier molecular flexibility index (Phi) is 4.71. The monoisotopic (exact) mass is 395 g/mol. The molecule has 3 heterocycles. The highest BCUT2D eigenvalue weighted by Crippen LogP contribution is 2.37. The van der Waals surface area contributed by atoms with E-state index in [1.54, 1.807) is 0 Å². The number of piperidine rings is 2. The Morgan fingerprint density at radius 2 is 2.04 bits per heavy atom. The molecular formula is C17H25N5O4S. The molecule has 2 saturated heterocycles. The Balaban J connectivity index is 1.51. The van der Waals surface area contributed by atoms with Crippen LogP contribution in [0.25, 0.3) is 11.0 Å². The first-order valence-corrected chi connectivity index (χ1v) is 10.5. The number of hydrogen-bond acceptors (Lipinski definition) is 7. The summed E-state index contributed by atoms with van der Waals surface area (Å²) in [5, 5.41) is 18.9. The average molecular weight is 395 g/mol. The molecule has 1 aromatic heterocycles. The summed E-state index contributed by atoms with van der Waals surface area (Å²) in [7, 11) is -0.393. The van der Waals surface area contributed by atoms with E-state index < -0.39 is 15.8 Å². The van der Waals surface area contributed by atoms with Crippen LogP contribution in [0.15, 0.2) is 22.8 Å². The van der Waals surface area contributed by atoms with Gasteiger partial charge in [-0.3, -0.25) is 4.90 Å². The van der Waals surface area contributed by atoms with Crippen LogP contribution in [-0.4, -0.2) is 83.2 Å². The maximum Gasteiger partial charge on any atom is 0.281 e. The summed E-state index contributed by atoms with van der Waals surface area (Å²) in [6, 6.07) is 5.78. The summed E-state index contributed by atoms with van der Waals surface area (Å²) in [5.74, 6) is -0.121. The lowest BCUT2D eigenvalue weighted by atomic mass is 9.76. The van der Waals surface area contributed by atoms with Crippen molar-refractivity contribution >= 4 is 21.2 Å². The van der Waals surface area contributed by atoms with Crippen LogP contribution in [0.4, 0.5) is 0 Å². The molecule has 0 aliphatic carbocycles. The number of rotatable bonds is 4. The highest BCUT2D eigenvalue weighted by Gasteiger charge is 2.47. The van der Waals surface area contributed by atoms with Crippen molar-refractivity contribution in [3.8, 4) is 0 Å². The zero-order valence-corrected chi connectivity index (χ0v) is 16.4. The van der Waals surface area contributed by atoms with Crippen molar-refractivity contribution in [3.63, 3.8) is 0 Å². The van der Waals surface area contributed by atoms with E-state index in [0.717, 1.165) is 23.1 Å². The molecular weight excluding hydrogens is 370 g/mol. The number of fused-ring (bicyclic) bond motifs is 2. The lowest BCUT2D eigenvalue weighted by molar-refractivity contribution is -0.103. The van der Waals surface area contributed by atoms with Gasteiger partial charge in [0.2, 0.25) is 0 Å². The smallest absolute Gasteiger partial charge is 0.281 e. The number of nitrogens with zero attached hydrogens (tertiary/aromatic N) is 5. The second-order valence-electron chi connectivity index (χ2n) is 7.73. The molecule has 1 N–H and O–H groups in total. The molecule has 1 aromatic carbocycles. The Morgan fingerprint density at radius 3 is 2.81 bits per heavy atom. The third-order valence-corrected chi connectivity index (χ3v) is 7.78. The van der Waals surface area contributed by atoms with Crippen LogP contribution < -0.4 is 0 Å². The molecule has 148 valence electrons. The van der Waals surface area contributed by atoms with Gasteiger partial charge in [0.05, 0.1) is 5.60 Å². The number of aliphatic hydroxyl groups is 1. The van der Waals surface area contributed by atoms with Gasteiger partial charge in [-0.1, -0.05) is 12.1 Å². The molecule has 0 bridgehead atoms. The van der Waals surface area contributed by atoms with Crippen molar-refractivity contribution in [2.75, 3.05) is 40.3 Å². The van der Waals surface area contributed by atoms with Crippen LogP contribution in [0, 0.1) is 5.92 Å². The van der Waals surface area contributed by atoms with Gasteiger partial charge in [-0.05, 0) is 34.8 Å². The van der Waals surface area contributed by atoms with Crippen LogP contribution in [0.5, 0.6) is 0 Å². The summed E-state index contributed by atoms with van der Waals surface area (Å²) in [5.41, 5.74) is 1.70. The lowest BCUT2D eigenvalue weighted by Crippen LogP contribution is -2.61. The molecule has 2 aliphatic rings. The first-order chi connectivity index (χ1) is 12.8. The Morgan fingerprint density at radius 1 is 1.26 bits per heavy atom. The van der Waals surface area contributed by atoms with Crippen LogP contribution in [0.1, 0.15) is 18.4 Å². The topological polar surface area (TPSA) is 103 Å². The summed E-state index contributed by atoms with van der Waals surface area (Å²) < 4.78 is 32.5. The fourth-order valence-corrected chi connectivity index (χ4v) is 5.31. The normalized spacial score (nSPS) is 27.9. The van der Waals surface area contributed by atoms with Crippen molar-refractivity contribution in [1.82, 2.24) is 23.8 Å². The maximum absolute atomic E-state index is 12.5. The molecule has 2 fully saturated rings. The summed E-state index contributed by atoms with van der Waals surface area (Å²) in [6.45, 7) is 2.76. The van der Waals surface area contributed by atoms with Crippen molar-refractivity contribution in [2.45, 2.75) is 25.0 Å². The van der Waals surface area contributed by atoms with Crippen molar-refractivity contribution < 1.29 is 18.2 Å². The fraction of sp³-hybridized carbons (Fsp3) is 0.647. The number of benzene rings is 1. The average Bonchev–Trinajstić information content (AvgIpc) is 3.11. The highest BCUT2D eigenvalue weighted by atomic mass is 32.2. The van der Waals surface area contributed by atoms with Crippen molar-refractivity contribution in [1.29, 1.82) is 0 Å². The first kappa shape index (κ1) is 18.8. The first-order valence-electron chi connectivity index (χ1n) is 9.12. The molecule has 0 radical (unpaired) electrons. The highest BCUT2D eigenvalue weighted by molar-refractivity contribution is 7.86. The quantitative estimate of drug-likeness (QED) is 0.793. The molecule has 2 aromatic rings. The van der Waals surface area contributed by atoms with Crippen molar-refractivity contribution in [2.24, 2.45) is 5.92 Å². The summed E-state index contributed by atoms with van der Waals surface area (Å²) >= 11 is 0. The molecule has 0 spiro atoms. The van der Waals surface area contributed by atoms with E-state index in [2.05, 4.69) is 15.2 Å². The molecule has 0 unspecified atom stereocenters. The van der Waals surface area contributed by atoms with Gasteiger partial charge in [-0.2, -0.15) is 17.0 Å². The van der Waals surface area contributed by atoms with Crippen LogP contribution in [-0.2, 0) is 16.8 Å². The summed E-state index contributed by atoms with van der Waals surface area (Å²) in [4.78, 5) is 2.24. The van der Waals surface area contributed by atoms with E-state index in [1.807, 2.05) is 18.2 Å². The Bertz CT molecular complexity index is 930. The van der Waals surface area contributed by atoms with Gasteiger partial charge in [0.1, 0.15) is 11.0 Å². The van der Waals surface area contributed by atoms with Crippen LogP contribution >= 0.6 is 0 Å². The third kappa shape index (κ3) is 3.36. The fourth-order valence-electron chi connectivity index (χ4n) is 4.16. The van der Waals surface area contributed by atoms with Crippen LogP contribution in [0.3, 0.4) is 0 Å². The maximum atomic E-state index is 12.5. The molecule has 4 rings (SSSR count). The second-order valence-corrected chi connectivity index (χ2v) is 9.88. The van der Waals surface area contributed by atoms with E-state index in [0.29, 0.717) is 39.0 Å². The molecule has 9 nitrogen and oxygen atoms in total. The minimum atomic E-state index is -3.47. The Labute approximate surface area is 158 Å². The number of hydrogen-bond donors (Lipinski definition) is 1. The number of aromatic nitrogens is 2. The SMILES string of the molecule is CN(C)S(=O)(=O)N1CC[C@@]2(O)CCN(Cc3cccc4nonc34)C[C@H]2C1. The standard InChI is InChI=1S/C17H25N5O4S/c1-20(2)27(24,25)22-9-7-17(23)6-8-21(11-14(17)12-22)10-13-4-3-5-15-16(13)19-26-18-15/h3-5,14,23H,6-12H2,1-2H3/t14-,17-/m0/s1. The molecule has 0 saturated carbocycles. The van der Waals surface area contributed by atoms with E-state index in [4.69, 9.17) is 4.63 Å². The minimum absolute atomic E-state index is 0.121. The largest absolute Gasteiger partial charge is 0.389 e. The molecule has 27 heavy (non-hydrogen) atoms. The number of likely N-dealkylation sites (tertiary alicyclic amines) is 1. The molecule has 10 heteroatoms. The van der Waals surface area contributed by atoms with E-state index in [1.165, 1.54) is 22.7 Å². The van der Waals surface area contributed by atoms with E-state index in [-0.39, 0.29) is 5.92 Å². The summed E-state index contributed by atoms with van der Waals surface area (Å²) in [6.07, 6.45) is 1.11. The van der Waals surface area contributed by atoms with Gasteiger partial charge in [0.15, 0.2) is 0 Å². The van der Waals surface area contributed by atoms with Gasteiger partial charge >= 0.3 is 0 Å². The van der Waals surface area contributed by atoms with Gasteiger partial charge in [0, 0.05) is 52.7 Å². The predicted octanol–water partition coefficient (Wildman–Crippen LogP) is 0.288. The van der Waals surface area contributed by atoms with Gasteiger partial charge in [-0.25, -0.2) is 4.63 Å². The van der Waals surface area contributed by atoms with E-state index in [9.17, 15) is 13.5 Å². The zero-order chi connectivity index (χ0) is 19.2. The zero-order valence-electron chi connectivity index (χ0n) is 15.6. The van der Waals surface area contributed by atoms with Crippen LogP contribution in [0.2, 0.25) is 0 Å². The molecule has 2 aliphatic heterocycles. The Hall–Kier alpha value is -1.59. The second kappa shape index (κ2) is 6.78. The molecule has 2 atom stereocenters. The van der Waals surface area contributed by atoms with E-state index >= 15 is 0 Å². The minimum Gasteiger partial charge on any atom is -0.389 e. The van der Waals surface area contributed by atoms with Crippen molar-refractivity contribution in [3.05, 3.63) is 23.8 Å². The van der Waals surface area contributed by atoms with Gasteiger partial charge < -0.3 is 5.11 Å².